The van der Waals surface area contributed by atoms with Crippen molar-refractivity contribution in [2.75, 3.05) is 13.1 Å². The largest absolute Gasteiger partial charge is 0.479 e. The second-order valence-electron chi connectivity index (χ2n) is 4.26. The molecule has 1 aliphatic rings. The first kappa shape index (κ1) is 12.5. The van der Waals surface area contributed by atoms with Crippen LogP contribution in [0.5, 0.6) is 0 Å². The zero-order valence-electron chi connectivity index (χ0n) is 9.53. The van der Waals surface area contributed by atoms with Gasteiger partial charge in [0.15, 0.2) is 6.10 Å². The fourth-order valence-electron chi connectivity index (χ4n) is 1.87. The van der Waals surface area contributed by atoms with Crippen molar-refractivity contribution in [2.45, 2.75) is 45.3 Å². The number of piperidine rings is 1. The molecule has 0 bridgehead atoms. The highest BCUT2D eigenvalue weighted by atomic mass is 16.5. The molecule has 3 unspecified atom stereocenters. The molecule has 88 valence electrons. The van der Waals surface area contributed by atoms with E-state index in [1.54, 1.807) is 0 Å². The number of hydrogen-bond donors (Lipinski definition) is 2. The van der Waals surface area contributed by atoms with E-state index in [0.29, 0.717) is 12.3 Å². The van der Waals surface area contributed by atoms with Gasteiger partial charge in [-0.05, 0) is 25.3 Å². The molecular weight excluding hydrogens is 194 g/mol. The molecule has 0 saturated carbocycles. The van der Waals surface area contributed by atoms with Crippen LogP contribution in [0.15, 0.2) is 0 Å². The fraction of sp³-hybridized carbons (Fsp3) is 0.909. The molecule has 2 N–H and O–H groups in total. The van der Waals surface area contributed by atoms with Crippen molar-refractivity contribution in [1.82, 2.24) is 5.32 Å². The summed E-state index contributed by atoms with van der Waals surface area (Å²) < 4.78 is 5.64. The molecule has 1 heterocycles. The maximum absolute atomic E-state index is 10.9. The van der Waals surface area contributed by atoms with Gasteiger partial charge < -0.3 is 15.2 Å². The van der Waals surface area contributed by atoms with E-state index in [9.17, 15) is 4.79 Å². The Morgan fingerprint density at radius 1 is 1.67 bits per heavy atom. The van der Waals surface area contributed by atoms with E-state index in [0.717, 1.165) is 25.9 Å². The topological polar surface area (TPSA) is 58.6 Å². The van der Waals surface area contributed by atoms with Gasteiger partial charge in [0.1, 0.15) is 0 Å². The number of hydrogen-bond acceptors (Lipinski definition) is 3. The number of carbonyl (C=O) groups is 1. The summed E-state index contributed by atoms with van der Waals surface area (Å²) in [5, 5.41) is 12.2. The summed E-state index contributed by atoms with van der Waals surface area (Å²) >= 11 is 0. The first-order chi connectivity index (χ1) is 7.15. The van der Waals surface area contributed by atoms with Crippen LogP contribution in [-0.2, 0) is 9.53 Å². The van der Waals surface area contributed by atoms with E-state index in [1.807, 2.05) is 6.92 Å². The quantitative estimate of drug-likeness (QED) is 0.724. The third-order valence-corrected chi connectivity index (χ3v) is 2.92. The molecule has 0 aliphatic carbocycles. The monoisotopic (exact) mass is 215 g/mol. The van der Waals surface area contributed by atoms with Crippen LogP contribution in [0.4, 0.5) is 0 Å². The molecule has 1 rings (SSSR count). The van der Waals surface area contributed by atoms with E-state index < -0.39 is 12.1 Å². The van der Waals surface area contributed by atoms with E-state index in [4.69, 9.17) is 9.84 Å². The smallest absolute Gasteiger partial charge is 0.332 e. The Balaban J connectivity index is 2.44. The summed E-state index contributed by atoms with van der Waals surface area (Å²) in [5.74, 6) is -0.389. The van der Waals surface area contributed by atoms with Crippen molar-refractivity contribution in [1.29, 1.82) is 0 Å². The lowest BCUT2D eigenvalue weighted by Gasteiger charge is -2.31. The van der Waals surface area contributed by atoms with Crippen molar-refractivity contribution < 1.29 is 14.6 Å². The van der Waals surface area contributed by atoms with E-state index in [2.05, 4.69) is 12.2 Å². The first-order valence-electron chi connectivity index (χ1n) is 5.74. The van der Waals surface area contributed by atoms with Gasteiger partial charge in [-0.25, -0.2) is 4.79 Å². The summed E-state index contributed by atoms with van der Waals surface area (Å²) in [5.41, 5.74) is 0. The molecule has 1 fully saturated rings. The molecule has 0 aromatic rings. The van der Waals surface area contributed by atoms with Crippen LogP contribution in [0.1, 0.15) is 33.1 Å². The van der Waals surface area contributed by atoms with Crippen molar-refractivity contribution in [3.63, 3.8) is 0 Å². The Hall–Kier alpha value is -0.610. The van der Waals surface area contributed by atoms with Gasteiger partial charge in [-0.3, -0.25) is 0 Å². The number of carboxylic acids is 1. The van der Waals surface area contributed by atoms with Gasteiger partial charge in [0.05, 0.1) is 6.10 Å². The minimum atomic E-state index is -0.838. The molecule has 4 heteroatoms. The van der Waals surface area contributed by atoms with E-state index in [1.165, 1.54) is 0 Å². The maximum Gasteiger partial charge on any atom is 0.332 e. The van der Waals surface area contributed by atoms with Crippen LogP contribution < -0.4 is 5.32 Å². The third kappa shape index (κ3) is 3.80. The third-order valence-electron chi connectivity index (χ3n) is 2.92. The average Bonchev–Trinajstić information content (AvgIpc) is 2.20. The summed E-state index contributed by atoms with van der Waals surface area (Å²) in [6.07, 6.45) is 1.90. The lowest BCUT2D eigenvalue weighted by molar-refractivity contribution is -0.157. The van der Waals surface area contributed by atoms with E-state index >= 15 is 0 Å². The molecule has 1 aliphatic heterocycles. The summed E-state index contributed by atoms with van der Waals surface area (Å²) in [6.45, 7) is 5.87. The molecule has 0 aromatic heterocycles. The van der Waals surface area contributed by atoms with Crippen molar-refractivity contribution in [2.24, 2.45) is 5.92 Å². The number of nitrogens with one attached hydrogen (secondary N) is 1. The van der Waals surface area contributed by atoms with Crippen LogP contribution in [0.3, 0.4) is 0 Å². The lowest BCUT2D eigenvalue weighted by atomic mass is 9.97. The van der Waals surface area contributed by atoms with Crippen LogP contribution >= 0.6 is 0 Å². The van der Waals surface area contributed by atoms with Crippen molar-refractivity contribution in [3.8, 4) is 0 Å². The maximum atomic E-state index is 10.9. The second kappa shape index (κ2) is 6.08. The van der Waals surface area contributed by atoms with Gasteiger partial charge in [0, 0.05) is 6.54 Å². The lowest BCUT2D eigenvalue weighted by Crippen LogP contribution is -2.44. The van der Waals surface area contributed by atoms with E-state index in [-0.39, 0.29) is 6.10 Å². The van der Waals surface area contributed by atoms with Gasteiger partial charge in [0.2, 0.25) is 0 Å². The highest BCUT2D eigenvalue weighted by Gasteiger charge is 2.27. The Bertz CT molecular complexity index is 208. The van der Waals surface area contributed by atoms with Gasteiger partial charge in [0.25, 0.3) is 0 Å². The molecule has 0 amide bonds. The normalized spacial score (nSPS) is 28.7. The van der Waals surface area contributed by atoms with Gasteiger partial charge >= 0.3 is 5.97 Å². The number of aliphatic carboxylic acids is 1. The highest BCUT2D eigenvalue weighted by molar-refractivity contribution is 5.72. The van der Waals surface area contributed by atoms with Crippen molar-refractivity contribution >= 4 is 5.97 Å². The number of carboxylic acid groups (broad SMARTS) is 1. The minimum Gasteiger partial charge on any atom is -0.479 e. The Kier molecular flexibility index (Phi) is 5.05. The van der Waals surface area contributed by atoms with Crippen LogP contribution in [-0.4, -0.2) is 36.4 Å². The zero-order chi connectivity index (χ0) is 11.3. The van der Waals surface area contributed by atoms with Gasteiger partial charge in [-0.15, -0.1) is 0 Å². The average molecular weight is 215 g/mol. The molecule has 4 nitrogen and oxygen atoms in total. The van der Waals surface area contributed by atoms with Crippen LogP contribution in [0.25, 0.3) is 0 Å². The molecule has 0 aromatic carbocycles. The summed E-state index contributed by atoms with van der Waals surface area (Å²) in [6, 6.07) is 0. The van der Waals surface area contributed by atoms with Gasteiger partial charge in [-0.1, -0.05) is 20.3 Å². The molecule has 1 saturated heterocycles. The predicted octanol–water partition coefficient (Wildman–Crippen LogP) is 1.25. The Labute approximate surface area is 91.0 Å². The molecule has 15 heavy (non-hydrogen) atoms. The SMILES string of the molecule is CCCC(OC1CNCCC1C)C(=O)O. The minimum absolute atomic E-state index is 0.0476. The molecule has 3 atom stereocenters. The zero-order valence-corrected chi connectivity index (χ0v) is 9.53. The number of ether oxygens (including phenoxy) is 1. The first-order valence-corrected chi connectivity index (χ1v) is 5.74. The standard InChI is InChI=1S/C11H21NO3/c1-3-4-9(11(13)14)15-10-7-12-6-5-8(10)2/h8-10,12H,3-7H2,1-2H3,(H,13,14). The molecule has 0 spiro atoms. The van der Waals surface area contributed by atoms with Crippen LogP contribution in [0.2, 0.25) is 0 Å². The number of rotatable bonds is 5. The Morgan fingerprint density at radius 3 is 2.93 bits per heavy atom. The van der Waals surface area contributed by atoms with Crippen molar-refractivity contribution in [3.05, 3.63) is 0 Å². The second-order valence-corrected chi connectivity index (χ2v) is 4.26. The summed E-state index contributed by atoms with van der Waals surface area (Å²) in [4.78, 5) is 10.9. The van der Waals surface area contributed by atoms with Crippen LogP contribution in [0, 0.1) is 5.92 Å². The molecule has 0 radical (unpaired) electrons. The summed E-state index contributed by atoms with van der Waals surface area (Å²) in [7, 11) is 0. The fourth-order valence-corrected chi connectivity index (χ4v) is 1.87. The highest BCUT2D eigenvalue weighted by Crippen LogP contribution is 2.18. The predicted molar refractivity (Wildman–Crippen MR) is 57.9 cm³/mol. The Morgan fingerprint density at radius 2 is 2.40 bits per heavy atom. The molecular formula is C11H21NO3. The van der Waals surface area contributed by atoms with Gasteiger partial charge in [-0.2, -0.15) is 0 Å².